The number of fused-ring (bicyclic) bond motifs is 1. The number of carbonyl (C=O) groups excluding carboxylic acids is 1. The number of thioether (sulfide) groups is 1. The average molecular weight is 283 g/mol. The van der Waals surface area contributed by atoms with Crippen LogP contribution in [0.15, 0.2) is 16.1 Å². The maximum Gasteiger partial charge on any atom is 0.257 e. The zero-order valence-corrected chi connectivity index (χ0v) is 11.8. The van der Waals surface area contributed by atoms with E-state index in [1.54, 1.807) is 24.7 Å². The van der Waals surface area contributed by atoms with Crippen LogP contribution >= 0.6 is 11.8 Å². The molecule has 1 aliphatic rings. The number of aliphatic hydroxyl groups excluding tert-OH is 1. The first-order valence-electron chi connectivity index (χ1n) is 6.09. The van der Waals surface area contributed by atoms with Crippen LogP contribution in [0.2, 0.25) is 0 Å². The molecule has 1 N–H and O–H groups in total. The molecule has 0 saturated heterocycles. The Morgan fingerprint density at radius 3 is 3.11 bits per heavy atom. The number of hydrogen-bond donors (Lipinski definition) is 1. The first kappa shape index (κ1) is 14.1. The predicted octanol–water partition coefficient (Wildman–Crippen LogP) is -0.276. The Morgan fingerprint density at radius 2 is 2.42 bits per heavy atom. The molecule has 1 aromatic heterocycles. The molecule has 1 aromatic rings. The SMILES string of the molecule is Cc1cnc2n(c1=O)CC(C(=O)N(C)CCO)CS2. The summed E-state index contributed by atoms with van der Waals surface area (Å²) in [6.45, 7) is 2.34. The first-order valence-corrected chi connectivity index (χ1v) is 7.08. The van der Waals surface area contributed by atoms with Gasteiger partial charge in [0.1, 0.15) is 0 Å². The van der Waals surface area contributed by atoms with E-state index in [9.17, 15) is 9.59 Å². The van der Waals surface area contributed by atoms with Crippen molar-refractivity contribution in [3.63, 3.8) is 0 Å². The molecule has 1 unspecified atom stereocenters. The molecule has 2 heterocycles. The quantitative estimate of drug-likeness (QED) is 0.773. The number of rotatable bonds is 3. The smallest absolute Gasteiger partial charge is 0.257 e. The zero-order valence-electron chi connectivity index (χ0n) is 11.0. The maximum absolute atomic E-state index is 12.2. The lowest BCUT2D eigenvalue weighted by atomic mass is 10.1. The second-order valence-corrected chi connectivity index (χ2v) is 5.62. The minimum absolute atomic E-state index is 0.0411. The van der Waals surface area contributed by atoms with Gasteiger partial charge < -0.3 is 10.0 Å². The van der Waals surface area contributed by atoms with Gasteiger partial charge in [-0.25, -0.2) is 4.98 Å². The monoisotopic (exact) mass is 283 g/mol. The molecule has 19 heavy (non-hydrogen) atoms. The Morgan fingerprint density at radius 1 is 1.68 bits per heavy atom. The molecule has 1 atom stereocenters. The van der Waals surface area contributed by atoms with Crippen molar-refractivity contribution in [3.8, 4) is 0 Å². The van der Waals surface area contributed by atoms with Crippen molar-refractivity contribution in [1.29, 1.82) is 0 Å². The Bertz CT molecular complexity index is 544. The minimum Gasteiger partial charge on any atom is -0.395 e. The van der Waals surface area contributed by atoms with E-state index in [1.165, 1.54) is 16.7 Å². The molecule has 0 aromatic carbocycles. The van der Waals surface area contributed by atoms with Gasteiger partial charge in [-0.2, -0.15) is 0 Å². The van der Waals surface area contributed by atoms with Gasteiger partial charge in [0.15, 0.2) is 5.16 Å². The van der Waals surface area contributed by atoms with E-state index in [0.717, 1.165) is 0 Å². The third kappa shape index (κ3) is 2.82. The van der Waals surface area contributed by atoms with Gasteiger partial charge in [0, 0.05) is 37.7 Å². The summed E-state index contributed by atoms with van der Waals surface area (Å²) in [6.07, 6.45) is 1.57. The summed E-state index contributed by atoms with van der Waals surface area (Å²) in [5, 5.41) is 9.53. The van der Waals surface area contributed by atoms with Gasteiger partial charge in [-0.15, -0.1) is 0 Å². The predicted molar refractivity (Wildman–Crippen MR) is 72.2 cm³/mol. The van der Waals surface area contributed by atoms with Crippen LogP contribution in [0, 0.1) is 12.8 Å². The summed E-state index contributed by atoms with van der Waals surface area (Å²) in [7, 11) is 1.66. The van der Waals surface area contributed by atoms with Crippen LogP contribution in [0.3, 0.4) is 0 Å². The molecular weight excluding hydrogens is 266 g/mol. The number of aromatic nitrogens is 2. The second kappa shape index (κ2) is 5.75. The number of hydrogen-bond acceptors (Lipinski definition) is 5. The van der Waals surface area contributed by atoms with Crippen molar-refractivity contribution in [3.05, 3.63) is 22.1 Å². The molecule has 0 radical (unpaired) electrons. The van der Waals surface area contributed by atoms with E-state index in [-0.39, 0.29) is 24.0 Å². The minimum atomic E-state index is -0.240. The lowest BCUT2D eigenvalue weighted by Crippen LogP contribution is -2.42. The van der Waals surface area contributed by atoms with E-state index in [4.69, 9.17) is 5.11 Å². The first-order chi connectivity index (χ1) is 9.04. The van der Waals surface area contributed by atoms with Crippen LogP contribution in [0.1, 0.15) is 5.56 Å². The number of amides is 1. The molecule has 104 valence electrons. The van der Waals surface area contributed by atoms with Gasteiger partial charge in [0.2, 0.25) is 5.91 Å². The Hall–Kier alpha value is -1.34. The van der Waals surface area contributed by atoms with Gasteiger partial charge >= 0.3 is 0 Å². The summed E-state index contributed by atoms with van der Waals surface area (Å²) < 4.78 is 1.57. The molecule has 0 aliphatic carbocycles. The summed E-state index contributed by atoms with van der Waals surface area (Å²) in [5.41, 5.74) is 0.501. The Kier molecular flexibility index (Phi) is 4.26. The molecule has 1 amide bonds. The van der Waals surface area contributed by atoms with E-state index in [0.29, 0.717) is 29.6 Å². The van der Waals surface area contributed by atoms with Crippen molar-refractivity contribution in [2.75, 3.05) is 26.0 Å². The highest BCUT2D eigenvalue weighted by atomic mass is 32.2. The van der Waals surface area contributed by atoms with Crippen molar-refractivity contribution in [2.24, 2.45) is 5.92 Å². The van der Waals surface area contributed by atoms with Gasteiger partial charge in [0.05, 0.1) is 12.5 Å². The second-order valence-electron chi connectivity index (χ2n) is 4.63. The molecule has 0 spiro atoms. The van der Waals surface area contributed by atoms with Crippen molar-refractivity contribution in [2.45, 2.75) is 18.6 Å². The lowest BCUT2D eigenvalue weighted by molar-refractivity contribution is -0.134. The summed E-state index contributed by atoms with van der Waals surface area (Å²) in [5.74, 6) is 0.334. The van der Waals surface area contributed by atoms with E-state index < -0.39 is 0 Å². The largest absolute Gasteiger partial charge is 0.395 e. The fourth-order valence-electron chi connectivity index (χ4n) is 2.02. The van der Waals surface area contributed by atoms with E-state index in [1.807, 2.05) is 0 Å². The summed E-state index contributed by atoms with van der Waals surface area (Å²) >= 11 is 1.43. The number of aryl methyl sites for hydroxylation is 1. The normalized spacial score (nSPS) is 17.9. The van der Waals surface area contributed by atoms with Gasteiger partial charge in [-0.1, -0.05) is 11.8 Å². The molecule has 6 nitrogen and oxygen atoms in total. The van der Waals surface area contributed by atoms with Crippen molar-refractivity contribution < 1.29 is 9.90 Å². The van der Waals surface area contributed by atoms with E-state index in [2.05, 4.69) is 4.98 Å². The highest BCUT2D eigenvalue weighted by Crippen LogP contribution is 2.25. The molecular formula is C12H17N3O3S. The van der Waals surface area contributed by atoms with Gasteiger partial charge in [-0.05, 0) is 6.92 Å². The van der Waals surface area contributed by atoms with Crippen molar-refractivity contribution >= 4 is 17.7 Å². The number of nitrogens with zero attached hydrogens (tertiary/aromatic N) is 3. The van der Waals surface area contributed by atoms with Crippen LogP contribution in [-0.4, -0.2) is 51.4 Å². The topological polar surface area (TPSA) is 75.4 Å². The van der Waals surface area contributed by atoms with Crippen LogP contribution in [0.4, 0.5) is 0 Å². The van der Waals surface area contributed by atoms with Crippen LogP contribution < -0.4 is 5.56 Å². The standard InChI is InChI=1S/C12H17N3O3S/c1-8-5-13-12-15(10(8)17)6-9(7-19-12)11(18)14(2)3-4-16/h5,9,16H,3-4,6-7H2,1-2H3. The van der Waals surface area contributed by atoms with E-state index >= 15 is 0 Å². The molecule has 1 aliphatic heterocycles. The third-order valence-electron chi connectivity index (χ3n) is 3.16. The van der Waals surface area contributed by atoms with Crippen LogP contribution in [0.25, 0.3) is 0 Å². The Balaban J connectivity index is 2.20. The fourth-order valence-corrected chi connectivity index (χ4v) is 3.06. The Labute approximate surface area is 115 Å². The molecule has 0 fully saturated rings. The van der Waals surface area contributed by atoms with Gasteiger partial charge in [0.25, 0.3) is 5.56 Å². The lowest BCUT2D eigenvalue weighted by Gasteiger charge is -2.27. The molecule has 0 bridgehead atoms. The summed E-state index contributed by atoms with van der Waals surface area (Å²) in [6, 6.07) is 0. The molecule has 0 saturated carbocycles. The highest BCUT2D eigenvalue weighted by molar-refractivity contribution is 7.99. The average Bonchev–Trinajstić information content (AvgIpc) is 2.42. The maximum atomic E-state index is 12.2. The number of carbonyl (C=O) groups is 1. The number of aliphatic hydroxyl groups is 1. The van der Waals surface area contributed by atoms with Crippen molar-refractivity contribution in [1.82, 2.24) is 14.5 Å². The highest BCUT2D eigenvalue weighted by Gasteiger charge is 2.28. The number of likely N-dealkylation sites (N-methyl/N-ethyl adjacent to an activating group) is 1. The molecule has 2 rings (SSSR count). The van der Waals surface area contributed by atoms with Gasteiger partial charge in [-0.3, -0.25) is 14.2 Å². The fraction of sp³-hybridized carbons (Fsp3) is 0.583. The van der Waals surface area contributed by atoms with Crippen LogP contribution in [0.5, 0.6) is 0 Å². The van der Waals surface area contributed by atoms with Crippen LogP contribution in [-0.2, 0) is 11.3 Å². The summed E-state index contributed by atoms with van der Waals surface area (Å²) in [4.78, 5) is 29.9. The molecule has 7 heteroatoms. The third-order valence-corrected chi connectivity index (χ3v) is 4.31. The zero-order chi connectivity index (χ0) is 14.0.